The summed E-state index contributed by atoms with van der Waals surface area (Å²) in [6.07, 6.45) is 3.19. The van der Waals surface area contributed by atoms with Gasteiger partial charge in [-0.1, -0.05) is 20.3 Å². The summed E-state index contributed by atoms with van der Waals surface area (Å²) in [6, 6.07) is 0. The van der Waals surface area contributed by atoms with Gasteiger partial charge in [0.2, 0.25) is 0 Å². The van der Waals surface area contributed by atoms with Crippen molar-refractivity contribution in [3.8, 4) is 0 Å². The molecule has 1 saturated carbocycles. The van der Waals surface area contributed by atoms with Crippen LogP contribution in [0.15, 0.2) is 0 Å². The fraction of sp³-hybridized carbons (Fsp3) is 1.00. The van der Waals surface area contributed by atoms with E-state index in [9.17, 15) is 5.11 Å². The van der Waals surface area contributed by atoms with Gasteiger partial charge in [-0.2, -0.15) is 0 Å². The number of aliphatic hydroxyl groups excluding tert-OH is 1. The third-order valence-corrected chi connectivity index (χ3v) is 4.31. The average molecular weight is 228 g/mol. The zero-order valence-electron chi connectivity index (χ0n) is 11.5. The quantitative estimate of drug-likeness (QED) is 0.800. The zero-order chi connectivity index (χ0) is 12.3. The summed E-state index contributed by atoms with van der Waals surface area (Å²) >= 11 is 0. The lowest BCUT2D eigenvalue weighted by atomic mass is 9.71. The van der Waals surface area contributed by atoms with Gasteiger partial charge in [0.1, 0.15) is 0 Å². The first-order chi connectivity index (χ1) is 7.38. The van der Waals surface area contributed by atoms with Crippen molar-refractivity contribution >= 4 is 0 Å². The molecule has 1 aliphatic rings. The van der Waals surface area contributed by atoms with E-state index in [1.165, 1.54) is 6.42 Å². The van der Waals surface area contributed by atoms with Gasteiger partial charge in [0.15, 0.2) is 0 Å². The van der Waals surface area contributed by atoms with Gasteiger partial charge in [-0.05, 0) is 51.4 Å². The summed E-state index contributed by atoms with van der Waals surface area (Å²) in [5.41, 5.74) is -0.403. The Labute approximate surface area is 100 Å². The molecule has 0 aromatic rings. The predicted octanol–water partition coefficient (Wildman–Crippen LogP) is 3.23. The minimum absolute atomic E-state index is 0.331. The number of ether oxygens (including phenoxy) is 1. The molecule has 4 atom stereocenters. The van der Waals surface area contributed by atoms with E-state index in [0.29, 0.717) is 12.5 Å². The topological polar surface area (TPSA) is 29.5 Å². The summed E-state index contributed by atoms with van der Waals surface area (Å²) in [6.45, 7) is 11.3. The monoisotopic (exact) mass is 228 g/mol. The van der Waals surface area contributed by atoms with E-state index in [1.807, 2.05) is 20.8 Å². The normalized spacial score (nSPS) is 33.8. The van der Waals surface area contributed by atoms with Gasteiger partial charge < -0.3 is 9.84 Å². The Kier molecular flexibility index (Phi) is 4.81. The molecule has 1 fully saturated rings. The lowest BCUT2D eigenvalue weighted by Crippen LogP contribution is -2.45. The van der Waals surface area contributed by atoms with Crippen molar-refractivity contribution in [1.82, 2.24) is 0 Å². The van der Waals surface area contributed by atoms with Crippen molar-refractivity contribution in [3.05, 3.63) is 0 Å². The molecule has 2 heteroatoms. The Morgan fingerprint density at radius 2 is 1.88 bits per heavy atom. The van der Waals surface area contributed by atoms with E-state index < -0.39 is 5.60 Å². The van der Waals surface area contributed by atoms with Crippen LogP contribution in [0.3, 0.4) is 0 Å². The summed E-state index contributed by atoms with van der Waals surface area (Å²) in [5, 5.41) is 10.4. The molecule has 16 heavy (non-hydrogen) atoms. The molecule has 0 saturated heterocycles. The Morgan fingerprint density at radius 3 is 2.38 bits per heavy atom. The molecule has 0 heterocycles. The molecule has 0 radical (unpaired) electrons. The van der Waals surface area contributed by atoms with E-state index in [0.717, 1.165) is 24.7 Å². The van der Waals surface area contributed by atoms with Gasteiger partial charge in [0.25, 0.3) is 0 Å². The van der Waals surface area contributed by atoms with Crippen LogP contribution in [0.2, 0.25) is 0 Å². The van der Waals surface area contributed by atoms with Crippen LogP contribution >= 0.6 is 0 Å². The van der Waals surface area contributed by atoms with Crippen molar-refractivity contribution in [2.24, 2.45) is 17.8 Å². The van der Waals surface area contributed by atoms with Crippen LogP contribution in [0.5, 0.6) is 0 Å². The highest BCUT2D eigenvalue weighted by Gasteiger charge is 2.38. The van der Waals surface area contributed by atoms with Crippen LogP contribution in [-0.4, -0.2) is 23.4 Å². The van der Waals surface area contributed by atoms with Gasteiger partial charge in [0, 0.05) is 6.61 Å². The van der Waals surface area contributed by atoms with Crippen LogP contribution in [-0.2, 0) is 4.74 Å². The van der Waals surface area contributed by atoms with Gasteiger partial charge in [0.05, 0.1) is 11.7 Å². The second kappa shape index (κ2) is 5.50. The second-order valence-corrected chi connectivity index (χ2v) is 6.01. The van der Waals surface area contributed by atoms with Crippen molar-refractivity contribution in [3.63, 3.8) is 0 Å². The standard InChI is InChI=1S/C14H28O2/c1-6-16-14(4,5)13(15)12-8-7-10(2)11(3)9-12/h10-13,15H,6-9H2,1-5H3. The van der Waals surface area contributed by atoms with E-state index in [4.69, 9.17) is 4.74 Å². The number of hydrogen-bond acceptors (Lipinski definition) is 2. The van der Waals surface area contributed by atoms with Crippen LogP contribution in [0.1, 0.15) is 53.9 Å². The third-order valence-electron chi connectivity index (χ3n) is 4.31. The first-order valence-corrected chi connectivity index (χ1v) is 6.70. The number of rotatable bonds is 4. The van der Waals surface area contributed by atoms with Crippen molar-refractivity contribution in [2.45, 2.75) is 65.6 Å². The maximum Gasteiger partial charge on any atom is 0.0886 e. The predicted molar refractivity (Wildman–Crippen MR) is 67.4 cm³/mol. The molecule has 0 aromatic heterocycles. The van der Waals surface area contributed by atoms with Crippen molar-refractivity contribution in [2.75, 3.05) is 6.61 Å². The van der Waals surface area contributed by atoms with Gasteiger partial charge in [-0.3, -0.25) is 0 Å². The summed E-state index contributed by atoms with van der Waals surface area (Å²) < 4.78 is 5.66. The smallest absolute Gasteiger partial charge is 0.0886 e. The first kappa shape index (κ1) is 14.0. The molecule has 1 N–H and O–H groups in total. The molecule has 0 amide bonds. The molecule has 4 unspecified atom stereocenters. The first-order valence-electron chi connectivity index (χ1n) is 6.70. The molecular formula is C14H28O2. The summed E-state index contributed by atoms with van der Waals surface area (Å²) in [5.74, 6) is 1.94. The number of hydrogen-bond donors (Lipinski definition) is 1. The Balaban J connectivity index is 2.57. The average Bonchev–Trinajstić information content (AvgIpc) is 2.21. The second-order valence-electron chi connectivity index (χ2n) is 6.01. The molecular weight excluding hydrogens is 200 g/mol. The number of aliphatic hydroxyl groups is 1. The molecule has 96 valence electrons. The molecule has 2 nitrogen and oxygen atoms in total. The maximum absolute atomic E-state index is 10.4. The lowest BCUT2D eigenvalue weighted by Gasteiger charge is -2.40. The molecule has 0 spiro atoms. The van der Waals surface area contributed by atoms with Gasteiger partial charge >= 0.3 is 0 Å². The SMILES string of the molecule is CCOC(C)(C)C(O)C1CCC(C)C(C)C1. The highest BCUT2D eigenvalue weighted by molar-refractivity contribution is 4.88. The highest BCUT2D eigenvalue weighted by atomic mass is 16.5. The molecule has 1 rings (SSSR count). The third kappa shape index (κ3) is 3.21. The van der Waals surface area contributed by atoms with Crippen LogP contribution in [0.25, 0.3) is 0 Å². The van der Waals surface area contributed by atoms with E-state index in [1.54, 1.807) is 0 Å². The summed E-state index contributed by atoms with van der Waals surface area (Å²) in [4.78, 5) is 0. The van der Waals surface area contributed by atoms with E-state index >= 15 is 0 Å². The minimum atomic E-state index is -0.403. The molecule has 0 aliphatic heterocycles. The van der Waals surface area contributed by atoms with Crippen molar-refractivity contribution < 1.29 is 9.84 Å². The fourth-order valence-electron chi connectivity index (χ4n) is 2.90. The largest absolute Gasteiger partial charge is 0.390 e. The highest BCUT2D eigenvalue weighted by Crippen LogP contribution is 2.38. The van der Waals surface area contributed by atoms with E-state index in [2.05, 4.69) is 13.8 Å². The van der Waals surface area contributed by atoms with Gasteiger partial charge in [-0.25, -0.2) is 0 Å². The summed E-state index contributed by atoms with van der Waals surface area (Å²) in [7, 11) is 0. The Hall–Kier alpha value is -0.0800. The Bertz CT molecular complexity index is 213. The van der Waals surface area contributed by atoms with Crippen LogP contribution in [0.4, 0.5) is 0 Å². The van der Waals surface area contributed by atoms with Crippen LogP contribution < -0.4 is 0 Å². The fourth-order valence-corrected chi connectivity index (χ4v) is 2.90. The maximum atomic E-state index is 10.4. The minimum Gasteiger partial charge on any atom is -0.390 e. The molecule has 0 bridgehead atoms. The lowest BCUT2D eigenvalue weighted by molar-refractivity contribution is -0.126. The van der Waals surface area contributed by atoms with E-state index in [-0.39, 0.29) is 6.10 Å². The zero-order valence-corrected chi connectivity index (χ0v) is 11.5. The molecule has 1 aliphatic carbocycles. The molecule has 0 aromatic carbocycles. The van der Waals surface area contributed by atoms with Crippen LogP contribution in [0, 0.1) is 17.8 Å². The Morgan fingerprint density at radius 1 is 1.25 bits per heavy atom. The van der Waals surface area contributed by atoms with Crippen molar-refractivity contribution in [1.29, 1.82) is 0 Å². The van der Waals surface area contributed by atoms with Gasteiger partial charge in [-0.15, -0.1) is 0 Å².